The normalized spacial score (nSPS) is 15.7. The minimum absolute atomic E-state index is 0.0454. The predicted molar refractivity (Wildman–Crippen MR) is 108 cm³/mol. The molecule has 0 bridgehead atoms. The average Bonchev–Trinajstić information content (AvgIpc) is 3.28. The molecule has 0 spiro atoms. The van der Waals surface area contributed by atoms with Crippen molar-refractivity contribution in [2.75, 3.05) is 27.2 Å². The minimum atomic E-state index is -3.65. The van der Waals surface area contributed by atoms with Crippen LogP contribution in [0.15, 0.2) is 59.5 Å². The number of carbonyl (C=O) groups is 2. The average molecular weight is 416 g/mol. The number of nitrogens with zero attached hydrogens (tertiary/aromatic N) is 2. The van der Waals surface area contributed by atoms with Crippen molar-refractivity contribution in [1.82, 2.24) is 9.21 Å². The Kier molecular flexibility index (Phi) is 6.34. The van der Waals surface area contributed by atoms with E-state index in [-0.39, 0.29) is 16.4 Å². The maximum atomic E-state index is 12.8. The van der Waals surface area contributed by atoms with E-state index in [1.165, 1.54) is 33.5 Å². The van der Waals surface area contributed by atoms with Gasteiger partial charge in [0.25, 0.3) is 5.91 Å². The lowest BCUT2D eigenvalue weighted by molar-refractivity contribution is -0.138. The van der Waals surface area contributed by atoms with Crippen LogP contribution in [0, 0.1) is 0 Å². The first-order valence-electron chi connectivity index (χ1n) is 9.38. The van der Waals surface area contributed by atoms with E-state index >= 15 is 0 Å². The highest BCUT2D eigenvalue weighted by Gasteiger charge is 2.30. The van der Waals surface area contributed by atoms with E-state index in [4.69, 9.17) is 4.74 Å². The number of likely N-dealkylation sites (N-methyl/N-ethyl adjacent to an activating group) is 1. The van der Waals surface area contributed by atoms with E-state index in [2.05, 4.69) is 0 Å². The number of esters is 1. The summed E-state index contributed by atoms with van der Waals surface area (Å²) in [5.41, 5.74) is 0.623. The van der Waals surface area contributed by atoms with Crippen molar-refractivity contribution in [2.24, 2.45) is 0 Å². The first-order chi connectivity index (χ1) is 13.8. The number of hydrogen-bond donors (Lipinski definition) is 0. The van der Waals surface area contributed by atoms with Crippen LogP contribution in [0.5, 0.6) is 0 Å². The van der Waals surface area contributed by atoms with Crippen molar-refractivity contribution in [2.45, 2.75) is 23.8 Å². The molecule has 1 atom stereocenters. The molecule has 0 unspecified atom stereocenters. The second-order valence-electron chi connectivity index (χ2n) is 7.07. The van der Waals surface area contributed by atoms with Gasteiger partial charge in [-0.3, -0.25) is 4.79 Å². The van der Waals surface area contributed by atoms with E-state index in [1.54, 1.807) is 44.4 Å². The number of ether oxygens (including phenoxy) is 1. The molecule has 0 aromatic heterocycles. The Hall–Kier alpha value is -2.71. The third kappa shape index (κ3) is 4.65. The summed E-state index contributed by atoms with van der Waals surface area (Å²) in [4.78, 5) is 26.7. The van der Waals surface area contributed by atoms with Crippen LogP contribution in [-0.2, 0) is 19.6 Å². The first-order valence-corrected chi connectivity index (χ1v) is 10.8. The molecule has 1 amide bonds. The fraction of sp³-hybridized carbons (Fsp3) is 0.333. The summed E-state index contributed by atoms with van der Waals surface area (Å²) in [5.74, 6) is -1.14. The summed E-state index contributed by atoms with van der Waals surface area (Å²) in [6.45, 7) is 0.953. The van der Waals surface area contributed by atoms with Gasteiger partial charge in [-0.15, -0.1) is 0 Å². The van der Waals surface area contributed by atoms with Crippen molar-refractivity contribution >= 4 is 21.9 Å². The zero-order chi connectivity index (χ0) is 21.0. The molecule has 1 aliphatic rings. The van der Waals surface area contributed by atoms with E-state index in [0.29, 0.717) is 18.7 Å². The standard InChI is InChI=1S/C21H24N2O5S/c1-22(2)20(24)19(16-9-4-3-5-10-16)28-21(25)17-11-8-12-18(15-17)29(26,27)23-13-6-7-14-23/h3-5,8-12,15,19H,6-7,13-14H2,1-2H3/t19-/m1/s1. The summed E-state index contributed by atoms with van der Waals surface area (Å²) >= 11 is 0. The third-order valence-corrected chi connectivity index (χ3v) is 6.66. The van der Waals surface area contributed by atoms with E-state index in [0.717, 1.165) is 12.8 Å². The number of rotatable bonds is 6. The van der Waals surface area contributed by atoms with E-state index in [9.17, 15) is 18.0 Å². The predicted octanol–water partition coefficient (Wildman–Crippen LogP) is 2.46. The molecular weight excluding hydrogens is 392 g/mol. The maximum Gasteiger partial charge on any atom is 0.339 e. The zero-order valence-corrected chi connectivity index (χ0v) is 17.3. The highest BCUT2D eigenvalue weighted by molar-refractivity contribution is 7.89. The Morgan fingerprint density at radius 2 is 1.66 bits per heavy atom. The van der Waals surface area contributed by atoms with Crippen LogP contribution < -0.4 is 0 Å². The lowest BCUT2D eigenvalue weighted by Crippen LogP contribution is -2.31. The third-order valence-electron chi connectivity index (χ3n) is 4.76. The lowest BCUT2D eigenvalue weighted by atomic mass is 10.1. The van der Waals surface area contributed by atoms with Crippen LogP contribution >= 0.6 is 0 Å². The molecule has 0 aliphatic carbocycles. The zero-order valence-electron chi connectivity index (χ0n) is 16.4. The van der Waals surface area contributed by atoms with Crippen molar-refractivity contribution in [3.8, 4) is 0 Å². The van der Waals surface area contributed by atoms with Gasteiger partial charge in [-0.05, 0) is 31.0 Å². The van der Waals surface area contributed by atoms with Gasteiger partial charge in [-0.25, -0.2) is 13.2 Å². The van der Waals surface area contributed by atoms with Crippen LogP contribution in [-0.4, -0.2) is 56.7 Å². The summed E-state index contributed by atoms with van der Waals surface area (Å²) in [7, 11) is -0.497. The molecule has 0 N–H and O–H groups in total. The smallest absolute Gasteiger partial charge is 0.339 e. The number of sulfonamides is 1. The Morgan fingerprint density at radius 1 is 1.00 bits per heavy atom. The Labute approximate surface area is 170 Å². The number of carbonyl (C=O) groups excluding carboxylic acids is 2. The number of hydrogen-bond acceptors (Lipinski definition) is 5. The molecule has 29 heavy (non-hydrogen) atoms. The highest BCUT2D eigenvalue weighted by atomic mass is 32.2. The molecule has 1 heterocycles. The van der Waals surface area contributed by atoms with Gasteiger partial charge in [0, 0.05) is 32.7 Å². The SMILES string of the molecule is CN(C)C(=O)[C@H](OC(=O)c1cccc(S(=O)(=O)N2CCCC2)c1)c1ccccc1. The summed E-state index contributed by atoms with van der Waals surface area (Å²) in [5, 5.41) is 0. The van der Waals surface area contributed by atoms with Gasteiger partial charge in [0.1, 0.15) is 0 Å². The van der Waals surface area contributed by atoms with Gasteiger partial charge in [0.15, 0.2) is 0 Å². The van der Waals surface area contributed by atoms with E-state index < -0.39 is 22.1 Å². The molecule has 0 radical (unpaired) electrons. The van der Waals surface area contributed by atoms with Gasteiger partial charge in [0.2, 0.25) is 16.1 Å². The van der Waals surface area contributed by atoms with E-state index in [1.807, 2.05) is 0 Å². The second kappa shape index (κ2) is 8.75. The molecule has 2 aromatic rings. The highest BCUT2D eigenvalue weighted by Crippen LogP contribution is 2.24. The molecule has 1 fully saturated rings. The van der Waals surface area contributed by atoms with Gasteiger partial charge in [0.05, 0.1) is 10.5 Å². The fourth-order valence-electron chi connectivity index (χ4n) is 3.16. The van der Waals surface area contributed by atoms with Crippen molar-refractivity contribution in [3.05, 3.63) is 65.7 Å². The van der Waals surface area contributed by atoms with Crippen LogP contribution in [0.4, 0.5) is 0 Å². The maximum absolute atomic E-state index is 12.8. The van der Waals surface area contributed by atoms with Crippen LogP contribution in [0.1, 0.15) is 34.9 Å². The Morgan fingerprint density at radius 3 is 2.28 bits per heavy atom. The lowest BCUT2D eigenvalue weighted by Gasteiger charge is -2.21. The molecular formula is C21H24N2O5S. The quantitative estimate of drug-likeness (QED) is 0.676. The Bertz CT molecular complexity index is 983. The number of benzene rings is 2. The van der Waals surface area contributed by atoms with Gasteiger partial charge >= 0.3 is 5.97 Å². The monoisotopic (exact) mass is 416 g/mol. The molecule has 0 saturated carbocycles. The number of amides is 1. The molecule has 1 saturated heterocycles. The van der Waals surface area contributed by atoms with Crippen molar-refractivity contribution in [1.29, 1.82) is 0 Å². The van der Waals surface area contributed by atoms with Gasteiger partial charge in [-0.1, -0.05) is 36.4 Å². The summed E-state index contributed by atoms with van der Waals surface area (Å²) < 4.78 is 32.4. The Balaban J connectivity index is 1.86. The molecule has 8 heteroatoms. The molecule has 3 rings (SSSR count). The second-order valence-corrected chi connectivity index (χ2v) is 9.01. The molecule has 2 aromatic carbocycles. The van der Waals surface area contributed by atoms with Crippen molar-refractivity contribution < 1.29 is 22.7 Å². The largest absolute Gasteiger partial charge is 0.444 e. The minimum Gasteiger partial charge on any atom is -0.444 e. The first kappa shape index (κ1) is 21.0. The van der Waals surface area contributed by atoms with Gasteiger partial charge in [-0.2, -0.15) is 4.31 Å². The van der Waals surface area contributed by atoms with Crippen LogP contribution in [0.3, 0.4) is 0 Å². The van der Waals surface area contributed by atoms with Crippen molar-refractivity contribution in [3.63, 3.8) is 0 Å². The molecule has 7 nitrogen and oxygen atoms in total. The van der Waals surface area contributed by atoms with Gasteiger partial charge < -0.3 is 9.64 Å². The fourth-order valence-corrected chi connectivity index (χ4v) is 4.72. The molecule has 154 valence electrons. The van der Waals surface area contributed by atoms with Crippen LogP contribution in [0.2, 0.25) is 0 Å². The summed E-state index contributed by atoms with van der Waals surface area (Å²) in [6, 6.07) is 14.5. The summed E-state index contributed by atoms with van der Waals surface area (Å²) in [6.07, 6.45) is 0.538. The topological polar surface area (TPSA) is 84.0 Å². The van der Waals surface area contributed by atoms with Crippen LogP contribution in [0.25, 0.3) is 0 Å². The molecule has 1 aliphatic heterocycles.